The lowest BCUT2D eigenvalue weighted by Gasteiger charge is -2.12. The minimum atomic E-state index is 0.794. The Bertz CT molecular complexity index is 350. The van der Waals surface area contributed by atoms with Crippen LogP contribution in [0.1, 0.15) is 45.1 Å². The summed E-state index contributed by atoms with van der Waals surface area (Å²) < 4.78 is 0. The maximum atomic E-state index is 3.95. The van der Waals surface area contributed by atoms with Gasteiger partial charge in [0.05, 0.1) is 0 Å². The maximum absolute atomic E-state index is 3.95. The SMILES string of the molecule is C=C(C)CCC[C@H](C)CCNc1ccc(C)cc1. The van der Waals surface area contributed by atoms with Crippen molar-refractivity contribution in [2.75, 3.05) is 11.9 Å². The molecular weight excluding hydrogens is 218 g/mol. The fraction of sp³-hybridized carbons (Fsp3) is 0.529. The van der Waals surface area contributed by atoms with E-state index in [0.29, 0.717) is 0 Å². The molecule has 0 bridgehead atoms. The van der Waals surface area contributed by atoms with Crippen molar-refractivity contribution in [2.45, 2.75) is 46.5 Å². The Morgan fingerprint density at radius 2 is 1.89 bits per heavy atom. The van der Waals surface area contributed by atoms with Gasteiger partial charge in [0.2, 0.25) is 0 Å². The van der Waals surface area contributed by atoms with E-state index >= 15 is 0 Å². The highest BCUT2D eigenvalue weighted by atomic mass is 14.9. The Morgan fingerprint density at radius 3 is 2.50 bits per heavy atom. The third kappa shape index (κ3) is 6.48. The summed E-state index contributed by atoms with van der Waals surface area (Å²) in [5, 5.41) is 3.48. The van der Waals surface area contributed by atoms with E-state index < -0.39 is 0 Å². The van der Waals surface area contributed by atoms with Crippen LogP contribution in [0.25, 0.3) is 0 Å². The standard InChI is InChI=1S/C17H27N/c1-14(2)6-5-7-15(3)12-13-18-17-10-8-16(4)9-11-17/h8-11,15,18H,1,5-7,12-13H2,2-4H3/t15-/m0/s1. The number of benzene rings is 1. The predicted molar refractivity (Wildman–Crippen MR) is 82.1 cm³/mol. The van der Waals surface area contributed by atoms with Gasteiger partial charge in [0, 0.05) is 12.2 Å². The van der Waals surface area contributed by atoms with Crippen LogP contribution in [-0.2, 0) is 0 Å². The third-order valence-electron chi connectivity index (χ3n) is 3.32. The number of nitrogens with one attached hydrogen (secondary N) is 1. The summed E-state index contributed by atoms with van der Waals surface area (Å²) in [4.78, 5) is 0. The second-order valence-electron chi connectivity index (χ2n) is 5.54. The summed E-state index contributed by atoms with van der Waals surface area (Å²) in [5.41, 5.74) is 3.85. The van der Waals surface area contributed by atoms with E-state index in [1.54, 1.807) is 0 Å². The Labute approximate surface area is 112 Å². The van der Waals surface area contributed by atoms with Crippen LogP contribution in [0.5, 0.6) is 0 Å². The molecule has 0 aliphatic carbocycles. The Balaban J connectivity index is 2.13. The van der Waals surface area contributed by atoms with Crippen LogP contribution < -0.4 is 5.32 Å². The van der Waals surface area contributed by atoms with E-state index in [1.165, 1.54) is 42.5 Å². The largest absolute Gasteiger partial charge is 0.385 e. The topological polar surface area (TPSA) is 12.0 Å². The molecule has 1 aromatic carbocycles. The fourth-order valence-electron chi connectivity index (χ4n) is 2.03. The molecular formula is C17H27N. The maximum Gasteiger partial charge on any atom is 0.0340 e. The zero-order valence-electron chi connectivity index (χ0n) is 12.1. The van der Waals surface area contributed by atoms with Gasteiger partial charge in [-0.3, -0.25) is 0 Å². The Morgan fingerprint density at radius 1 is 1.22 bits per heavy atom. The van der Waals surface area contributed by atoms with Crippen LogP contribution in [0.15, 0.2) is 36.4 Å². The lowest BCUT2D eigenvalue weighted by molar-refractivity contribution is 0.486. The normalized spacial score (nSPS) is 12.2. The van der Waals surface area contributed by atoms with Crippen LogP contribution in [-0.4, -0.2) is 6.54 Å². The van der Waals surface area contributed by atoms with Gasteiger partial charge in [0.15, 0.2) is 0 Å². The van der Waals surface area contributed by atoms with Crippen molar-refractivity contribution in [1.82, 2.24) is 0 Å². The van der Waals surface area contributed by atoms with Gasteiger partial charge in [0.1, 0.15) is 0 Å². The molecule has 1 atom stereocenters. The van der Waals surface area contributed by atoms with Crippen molar-refractivity contribution in [3.63, 3.8) is 0 Å². The molecule has 100 valence electrons. The average Bonchev–Trinajstić information content (AvgIpc) is 2.31. The molecule has 0 fully saturated rings. The van der Waals surface area contributed by atoms with Gasteiger partial charge in [-0.1, -0.05) is 36.6 Å². The molecule has 1 nitrogen and oxygen atoms in total. The lowest BCUT2D eigenvalue weighted by atomic mass is 9.99. The highest BCUT2D eigenvalue weighted by Gasteiger charge is 2.02. The molecule has 0 unspecified atom stereocenters. The summed E-state index contributed by atoms with van der Waals surface area (Å²) >= 11 is 0. The van der Waals surface area contributed by atoms with Crippen molar-refractivity contribution in [3.8, 4) is 0 Å². The quantitative estimate of drug-likeness (QED) is 0.622. The van der Waals surface area contributed by atoms with Crippen molar-refractivity contribution >= 4 is 5.69 Å². The van der Waals surface area contributed by atoms with Crippen molar-refractivity contribution < 1.29 is 0 Å². The van der Waals surface area contributed by atoms with Gasteiger partial charge in [-0.05, 0) is 51.2 Å². The first-order valence-electron chi connectivity index (χ1n) is 7.03. The first-order valence-corrected chi connectivity index (χ1v) is 7.03. The molecule has 0 radical (unpaired) electrons. The second-order valence-corrected chi connectivity index (χ2v) is 5.54. The number of aryl methyl sites for hydroxylation is 1. The van der Waals surface area contributed by atoms with Crippen molar-refractivity contribution in [1.29, 1.82) is 0 Å². The van der Waals surface area contributed by atoms with Gasteiger partial charge in [0.25, 0.3) is 0 Å². The van der Waals surface area contributed by atoms with Gasteiger partial charge in [-0.2, -0.15) is 0 Å². The molecule has 1 heteroatoms. The van der Waals surface area contributed by atoms with E-state index in [4.69, 9.17) is 0 Å². The number of anilines is 1. The lowest BCUT2D eigenvalue weighted by Crippen LogP contribution is -2.06. The number of hydrogen-bond donors (Lipinski definition) is 1. The molecule has 0 aliphatic heterocycles. The Kier molecular flexibility index (Phi) is 6.56. The van der Waals surface area contributed by atoms with E-state index in [9.17, 15) is 0 Å². The summed E-state index contributed by atoms with van der Waals surface area (Å²) in [7, 11) is 0. The zero-order chi connectivity index (χ0) is 13.4. The molecule has 0 heterocycles. The van der Waals surface area contributed by atoms with Gasteiger partial charge < -0.3 is 5.32 Å². The summed E-state index contributed by atoms with van der Waals surface area (Å²) in [6, 6.07) is 8.61. The van der Waals surface area contributed by atoms with Crippen molar-refractivity contribution in [2.24, 2.45) is 5.92 Å². The molecule has 0 saturated heterocycles. The summed E-state index contributed by atoms with van der Waals surface area (Å²) in [6.07, 6.45) is 5.00. The third-order valence-corrected chi connectivity index (χ3v) is 3.32. The van der Waals surface area contributed by atoms with Crippen LogP contribution >= 0.6 is 0 Å². The highest BCUT2D eigenvalue weighted by molar-refractivity contribution is 5.44. The fourth-order valence-corrected chi connectivity index (χ4v) is 2.03. The van der Waals surface area contributed by atoms with Crippen molar-refractivity contribution in [3.05, 3.63) is 42.0 Å². The first kappa shape index (κ1) is 14.8. The minimum absolute atomic E-state index is 0.794. The molecule has 0 aromatic heterocycles. The average molecular weight is 245 g/mol. The van der Waals surface area contributed by atoms with Crippen LogP contribution in [0.3, 0.4) is 0 Å². The smallest absolute Gasteiger partial charge is 0.0340 e. The second kappa shape index (κ2) is 7.97. The summed E-state index contributed by atoms with van der Waals surface area (Å²) in [5.74, 6) is 0.794. The highest BCUT2D eigenvalue weighted by Crippen LogP contribution is 2.15. The first-order chi connectivity index (χ1) is 8.58. The zero-order valence-corrected chi connectivity index (χ0v) is 12.1. The number of rotatable bonds is 8. The molecule has 1 rings (SSSR count). The molecule has 0 aliphatic rings. The molecule has 0 amide bonds. The molecule has 1 N–H and O–H groups in total. The minimum Gasteiger partial charge on any atom is -0.385 e. The Hall–Kier alpha value is -1.24. The van der Waals surface area contributed by atoms with E-state index in [-0.39, 0.29) is 0 Å². The van der Waals surface area contributed by atoms with Crippen LogP contribution in [0.2, 0.25) is 0 Å². The summed E-state index contributed by atoms with van der Waals surface area (Å²) in [6.45, 7) is 11.6. The molecule has 1 aromatic rings. The van der Waals surface area contributed by atoms with E-state index in [2.05, 4.69) is 56.9 Å². The van der Waals surface area contributed by atoms with Crippen LogP contribution in [0.4, 0.5) is 5.69 Å². The van der Waals surface area contributed by atoms with Gasteiger partial charge in [-0.25, -0.2) is 0 Å². The molecule has 0 saturated carbocycles. The van der Waals surface area contributed by atoms with Gasteiger partial charge in [-0.15, -0.1) is 6.58 Å². The van der Waals surface area contributed by atoms with E-state index in [1.807, 2.05) is 0 Å². The molecule has 18 heavy (non-hydrogen) atoms. The number of allylic oxidation sites excluding steroid dienone is 1. The van der Waals surface area contributed by atoms with Gasteiger partial charge >= 0.3 is 0 Å². The number of hydrogen-bond acceptors (Lipinski definition) is 1. The van der Waals surface area contributed by atoms with E-state index in [0.717, 1.165) is 12.5 Å². The predicted octanol–water partition coefficient (Wildman–Crippen LogP) is 5.18. The monoisotopic (exact) mass is 245 g/mol. The van der Waals surface area contributed by atoms with Crippen LogP contribution in [0, 0.1) is 12.8 Å². The molecule has 0 spiro atoms.